The molecule has 2 aliphatic heterocycles. The monoisotopic (exact) mass is 381 g/mol. The zero-order valence-electron chi connectivity index (χ0n) is 15.3. The molecule has 7 nitrogen and oxygen atoms in total. The summed E-state index contributed by atoms with van der Waals surface area (Å²) >= 11 is 0. The van der Waals surface area contributed by atoms with E-state index in [-0.39, 0.29) is 16.7 Å². The number of anilines is 1. The summed E-state index contributed by atoms with van der Waals surface area (Å²) in [6, 6.07) is 4.78. The molecule has 144 valence electrons. The predicted octanol–water partition coefficient (Wildman–Crippen LogP) is 1.66. The Labute approximate surface area is 155 Å². The molecule has 2 saturated heterocycles. The van der Waals surface area contributed by atoms with E-state index in [2.05, 4.69) is 10.6 Å². The first-order chi connectivity index (χ1) is 12.4. The first-order valence-corrected chi connectivity index (χ1v) is 10.6. The number of sulfonamides is 1. The van der Waals surface area contributed by atoms with Crippen LogP contribution in [0.15, 0.2) is 23.1 Å². The van der Waals surface area contributed by atoms with Crippen molar-refractivity contribution in [3.63, 3.8) is 0 Å². The minimum Gasteiger partial charge on any atom is -0.495 e. The maximum Gasteiger partial charge on any atom is 0.246 e. The number of hydrogen-bond donors (Lipinski definition) is 2. The number of carbonyl (C=O) groups is 1. The van der Waals surface area contributed by atoms with E-state index in [0.717, 1.165) is 32.4 Å². The minimum absolute atomic E-state index is 0.0945. The van der Waals surface area contributed by atoms with Gasteiger partial charge in [-0.2, -0.15) is 4.31 Å². The molecule has 2 aliphatic rings. The molecule has 0 saturated carbocycles. The fraction of sp³-hybridized carbons (Fsp3) is 0.611. The standard InChI is InChI=1S/C18H27N3O4S/c1-13(14-11-19-12-14)18(22)20-15-6-7-16(25-2)17(10-15)26(23,24)21-8-4-3-5-9-21/h6-7,10,13-14,19H,3-5,8-9,11-12H2,1-2H3,(H,20,22). The van der Waals surface area contributed by atoms with Crippen molar-refractivity contribution in [1.82, 2.24) is 9.62 Å². The van der Waals surface area contributed by atoms with Crippen LogP contribution in [-0.2, 0) is 14.8 Å². The molecule has 0 radical (unpaired) electrons. The highest BCUT2D eigenvalue weighted by Crippen LogP contribution is 2.31. The molecule has 2 fully saturated rings. The number of ether oxygens (including phenoxy) is 1. The second kappa shape index (κ2) is 7.94. The van der Waals surface area contributed by atoms with Gasteiger partial charge in [-0.1, -0.05) is 13.3 Å². The maximum atomic E-state index is 13.0. The van der Waals surface area contributed by atoms with Crippen LogP contribution in [0.3, 0.4) is 0 Å². The summed E-state index contributed by atoms with van der Waals surface area (Å²) in [4.78, 5) is 12.5. The minimum atomic E-state index is -3.65. The van der Waals surface area contributed by atoms with Crippen molar-refractivity contribution in [2.75, 3.05) is 38.6 Å². The average molecular weight is 381 g/mol. The van der Waals surface area contributed by atoms with Gasteiger partial charge in [0.1, 0.15) is 10.6 Å². The van der Waals surface area contributed by atoms with Gasteiger partial charge >= 0.3 is 0 Å². The Bertz CT molecular complexity index is 756. The summed E-state index contributed by atoms with van der Waals surface area (Å²) in [5, 5.41) is 6.01. The van der Waals surface area contributed by atoms with Gasteiger partial charge in [-0.15, -0.1) is 0 Å². The lowest BCUT2D eigenvalue weighted by Gasteiger charge is -2.31. The number of carbonyl (C=O) groups excluding carboxylic acids is 1. The Morgan fingerprint density at radius 2 is 1.96 bits per heavy atom. The molecule has 26 heavy (non-hydrogen) atoms. The summed E-state index contributed by atoms with van der Waals surface area (Å²) < 4.78 is 32.8. The Balaban J connectivity index is 1.83. The molecule has 2 N–H and O–H groups in total. The number of benzene rings is 1. The van der Waals surface area contributed by atoms with E-state index >= 15 is 0 Å². The number of piperidine rings is 1. The van der Waals surface area contributed by atoms with Crippen molar-refractivity contribution in [2.45, 2.75) is 31.1 Å². The number of rotatable bonds is 6. The van der Waals surface area contributed by atoms with Crippen molar-refractivity contribution in [1.29, 1.82) is 0 Å². The molecule has 0 spiro atoms. The third-order valence-corrected chi connectivity index (χ3v) is 7.22. The number of nitrogens with zero attached hydrogens (tertiary/aromatic N) is 1. The molecule has 0 aromatic heterocycles. The van der Waals surface area contributed by atoms with Crippen molar-refractivity contribution in [2.24, 2.45) is 11.8 Å². The van der Waals surface area contributed by atoms with Crippen molar-refractivity contribution < 1.29 is 17.9 Å². The van der Waals surface area contributed by atoms with E-state index < -0.39 is 10.0 Å². The summed E-state index contributed by atoms with van der Waals surface area (Å²) in [6.07, 6.45) is 2.78. The first-order valence-electron chi connectivity index (χ1n) is 9.13. The van der Waals surface area contributed by atoms with Crippen molar-refractivity contribution in [3.05, 3.63) is 18.2 Å². The van der Waals surface area contributed by atoms with Gasteiger partial charge in [-0.3, -0.25) is 4.79 Å². The normalized spacial score (nSPS) is 20.2. The topological polar surface area (TPSA) is 87.7 Å². The highest BCUT2D eigenvalue weighted by Gasteiger charge is 2.31. The molecule has 2 heterocycles. The zero-order valence-corrected chi connectivity index (χ0v) is 16.1. The van der Waals surface area contributed by atoms with Crippen LogP contribution in [0.5, 0.6) is 5.75 Å². The van der Waals surface area contributed by atoms with Crippen LogP contribution in [0.25, 0.3) is 0 Å². The first kappa shape index (κ1) is 19.1. The van der Waals surface area contributed by atoms with Crippen molar-refractivity contribution >= 4 is 21.6 Å². The lowest BCUT2D eigenvalue weighted by atomic mass is 9.88. The summed E-state index contributed by atoms with van der Waals surface area (Å²) in [6.45, 7) is 4.62. The molecule has 0 aliphatic carbocycles. The molecule has 1 aromatic rings. The van der Waals surface area contributed by atoms with Crippen LogP contribution < -0.4 is 15.4 Å². The molecule has 1 unspecified atom stereocenters. The van der Waals surface area contributed by atoms with Crippen LogP contribution in [0.4, 0.5) is 5.69 Å². The smallest absolute Gasteiger partial charge is 0.246 e. The van der Waals surface area contributed by atoms with Gasteiger partial charge in [0.25, 0.3) is 0 Å². The third-order valence-electron chi connectivity index (χ3n) is 5.30. The van der Waals surface area contributed by atoms with Gasteiger partial charge in [-0.05, 0) is 50.0 Å². The molecule has 8 heteroatoms. The molecule has 3 rings (SSSR count). The molecular weight excluding hydrogens is 354 g/mol. The summed E-state index contributed by atoms with van der Waals surface area (Å²) in [7, 11) is -2.19. The SMILES string of the molecule is COc1ccc(NC(=O)C(C)C2CNC2)cc1S(=O)(=O)N1CCCCC1. The molecule has 0 bridgehead atoms. The third kappa shape index (κ3) is 3.87. The van der Waals surface area contributed by atoms with Gasteiger partial charge in [0.2, 0.25) is 15.9 Å². The molecular formula is C18H27N3O4S. The van der Waals surface area contributed by atoms with E-state index in [1.165, 1.54) is 17.5 Å². The van der Waals surface area contributed by atoms with Crippen LogP contribution in [0, 0.1) is 11.8 Å². The molecule has 1 aromatic carbocycles. The van der Waals surface area contributed by atoms with Crippen LogP contribution >= 0.6 is 0 Å². The van der Waals surface area contributed by atoms with E-state index in [4.69, 9.17) is 4.74 Å². The second-order valence-electron chi connectivity index (χ2n) is 7.03. The lowest BCUT2D eigenvalue weighted by Crippen LogP contribution is -2.48. The van der Waals surface area contributed by atoms with Gasteiger partial charge in [0.05, 0.1) is 7.11 Å². The highest BCUT2D eigenvalue weighted by atomic mass is 32.2. The van der Waals surface area contributed by atoms with E-state index in [0.29, 0.717) is 30.4 Å². The Kier molecular flexibility index (Phi) is 5.84. The Hall–Kier alpha value is -1.64. The van der Waals surface area contributed by atoms with Gasteiger partial charge in [-0.25, -0.2) is 8.42 Å². The van der Waals surface area contributed by atoms with Gasteiger partial charge < -0.3 is 15.4 Å². The fourth-order valence-corrected chi connectivity index (χ4v) is 5.03. The number of amides is 1. The molecule has 1 atom stereocenters. The van der Waals surface area contributed by atoms with Crippen molar-refractivity contribution in [3.8, 4) is 5.75 Å². The van der Waals surface area contributed by atoms with Crippen LogP contribution in [-0.4, -0.2) is 51.9 Å². The quantitative estimate of drug-likeness (QED) is 0.783. The number of hydrogen-bond acceptors (Lipinski definition) is 5. The van der Waals surface area contributed by atoms with Gasteiger partial charge in [0, 0.05) is 24.7 Å². The lowest BCUT2D eigenvalue weighted by molar-refractivity contribution is -0.121. The average Bonchev–Trinajstić information content (AvgIpc) is 2.61. The van der Waals surface area contributed by atoms with E-state index in [1.54, 1.807) is 12.1 Å². The fourth-order valence-electron chi connectivity index (χ4n) is 3.34. The van der Waals surface area contributed by atoms with E-state index in [9.17, 15) is 13.2 Å². The highest BCUT2D eigenvalue weighted by molar-refractivity contribution is 7.89. The summed E-state index contributed by atoms with van der Waals surface area (Å²) in [5.41, 5.74) is 0.477. The maximum absolute atomic E-state index is 13.0. The molecule has 1 amide bonds. The Morgan fingerprint density at radius 3 is 2.54 bits per heavy atom. The summed E-state index contributed by atoms with van der Waals surface area (Å²) in [5.74, 6) is 0.401. The predicted molar refractivity (Wildman–Crippen MR) is 99.8 cm³/mol. The van der Waals surface area contributed by atoms with Crippen LogP contribution in [0.1, 0.15) is 26.2 Å². The number of methoxy groups -OCH3 is 1. The Morgan fingerprint density at radius 1 is 1.27 bits per heavy atom. The second-order valence-corrected chi connectivity index (χ2v) is 8.93. The number of nitrogens with one attached hydrogen (secondary N) is 2. The van der Waals surface area contributed by atoms with Gasteiger partial charge in [0.15, 0.2) is 0 Å². The zero-order chi connectivity index (χ0) is 18.7. The van der Waals surface area contributed by atoms with E-state index in [1.807, 2.05) is 6.92 Å². The van der Waals surface area contributed by atoms with Crippen LogP contribution in [0.2, 0.25) is 0 Å². The largest absolute Gasteiger partial charge is 0.495 e.